The Morgan fingerprint density at radius 1 is 1.07 bits per heavy atom. The quantitative estimate of drug-likeness (QED) is 0.470. The third kappa shape index (κ3) is 8.85. The van der Waals surface area contributed by atoms with Gasteiger partial charge in [-0.05, 0) is 44.5 Å². The minimum absolute atomic E-state index is 0.0297. The molecule has 0 aliphatic heterocycles. The topological polar surface area (TPSA) is 94.1 Å². The molecule has 0 saturated carbocycles. The molecule has 0 bridgehead atoms. The lowest BCUT2D eigenvalue weighted by Gasteiger charge is -2.37. The Balaban J connectivity index is 2.87. The van der Waals surface area contributed by atoms with Gasteiger partial charge in [0, 0.05) is 0 Å². The molecular formula is C22H37NO6Si. The van der Waals surface area contributed by atoms with Crippen molar-refractivity contribution in [3.8, 4) is 0 Å². The van der Waals surface area contributed by atoms with Gasteiger partial charge in [-0.3, -0.25) is 0 Å². The SMILES string of the molecule is CC(C)(C)OC(=O)N[C@H](C(=O)OCc1ccccc1)[C@@H](O)CO[Si](C)(C)C(C)(C)C. The van der Waals surface area contributed by atoms with Gasteiger partial charge in [0.2, 0.25) is 0 Å². The summed E-state index contributed by atoms with van der Waals surface area (Å²) in [5.74, 6) is -0.754. The number of benzene rings is 1. The van der Waals surface area contributed by atoms with Gasteiger partial charge >= 0.3 is 12.1 Å². The van der Waals surface area contributed by atoms with Crippen molar-refractivity contribution < 1.29 is 28.6 Å². The Kier molecular flexibility index (Phi) is 9.07. The summed E-state index contributed by atoms with van der Waals surface area (Å²) < 4.78 is 16.6. The van der Waals surface area contributed by atoms with Gasteiger partial charge in [-0.25, -0.2) is 9.59 Å². The molecule has 2 atom stereocenters. The van der Waals surface area contributed by atoms with Gasteiger partial charge in [0.05, 0.1) is 6.61 Å². The average Bonchev–Trinajstić information content (AvgIpc) is 2.60. The van der Waals surface area contributed by atoms with E-state index >= 15 is 0 Å². The zero-order valence-electron chi connectivity index (χ0n) is 19.4. The zero-order valence-corrected chi connectivity index (χ0v) is 20.4. The van der Waals surface area contributed by atoms with E-state index in [1.807, 2.05) is 43.4 Å². The summed E-state index contributed by atoms with van der Waals surface area (Å²) in [4.78, 5) is 24.9. The second-order valence-corrected chi connectivity index (χ2v) is 14.7. The van der Waals surface area contributed by atoms with E-state index in [4.69, 9.17) is 13.9 Å². The van der Waals surface area contributed by atoms with E-state index in [1.165, 1.54) is 0 Å². The van der Waals surface area contributed by atoms with Crippen molar-refractivity contribution in [1.82, 2.24) is 5.32 Å². The summed E-state index contributed by atoms with van der Waals surface area (Å²) in [6.07, 6.45) is -2.09. The van der Waals surface area contributed by atoms with E-state index in [9.17, 15) is 14.7 Å². The van der Waals surface area contributed by atoms with Crippen LogP contribution in [0.4, 0.5) is 4.79 Å². The number of hydrogen-bond acceptors (Lipinski definition) is 6. The summed E-state index contributed by atoms with van der Waals surface area (Å²) in [7, 11) is -2.15. The molecule has 1 aromatic rings. The van der Waals surface area contributed by atoms with Gasteiger partial charge in [0.15, 0.2) is 14.4 Å². The van der Waals surface area contributed by atoms with Crippen LogP contribution in [0.5, 0.6) is 0 Å². The highest BCUT2D eigenvalue weighted by atomic mass is 28.4. The third-order valence-electron chi connectivity index (χ3n) is 4.96. The highest BCUT2D eigenvalue weighted by Crippen LogP contribution is 2.36. The number of ether oxygens (including phenoxy) is 2. The lowest BCUT2D eigenvalue weighted by molar-refractivity contribution is -0.151. The largest absolute Gasteiger partial charge is 0.459 e. The van der Waals surface area contributed by atoms with Crippen LogP contribution in [-0.4, -0.2) is 49.8 Å². The lowest BCUT2D eigenvalue weighted by Crippen LogP contribution is -2.53. The maximum atomic E-state index is 12.7. The molecule has 2 N–H and O–H groups in total. The van der Waals surface area contributed by atoms with Crippen LogP contribution in [0.15, 0.2) is 30.3 Å². The second kappa shape index (κ2) is 10.4. The number of carbonyl (C=O) groups is 2. The summed E-state index contributed by atoms with van der Waals surface area (Å²) >= 11 is 0. The molecule has 0 radical (unpaired) electrons. The van der Waals surface area contributed by atoms with Crippen LogP contribution < -0.4 is 5.32 Å². The number of esters is 1. The molecule has 1 aromatic carbocycles. The first-order valence-electron chi connectivity index (χ1n) is 10.1. The van der Waals surface area contributed by atoms with Gasteiger partial charge in [-0.15, -0.1) is 0 Å². The van der Waals surface area contributed by atoms with E-state index < -0.39 is 38.1 Å². The first-order valence-corrected chi connectivity index (χ1v) is 13.1. The Morgan fingerprint density at radius 2 is 1.63 bits per heavy atom. The minimum atomic E-state index is -2.15. The highest BCUT2D eigenvalue weighted by Gasteiger charge is 2.39. The van der Waals surface area contributed by atoms with Gasteiger partial charge in [-0.2, -0.15) is 0 Å². The van der Waals surface area contributed by atoms with Crippen molar-refractivity contribution in [2.24, 2.45) is 0 Å². The molecule has 0 unspecified atom stereocenters. The second-order valence-electron chi connectivity index (χ2n) is 9.86. The molecule has 0 spiro atoms. The Morgan fingerprint density at radius 3 is 2.13 bits per heavy atom. The fourth-order valence-corrected chi connectivity index (χ4v) is 3.19. The molecule has 0 saturated heterocycles. The van der Waals surface area contributed by atoms with Gasteiger partial charge < -0.3 is 24.3 Å². The van der Waals surface area contributed by atoms with E-state index in [-0.39, 0.29) is 18.3 Å². The maximum Gasteiger partial charge on any atom is 0.408 e. The Labute approximate surface area is 181 Å². The van der Waals surface area contributed by atoms with Crippen LogP contribution >= 0.6 is 0 Å². The predicted octanol–water partition coefficient (Wildman–Crippen LogP) is 4.01. The van der Waals surface area contributed by atoms with Gasteiger partial charge in [0.1, 0.15) is 18.3 Å². The predicted molar refractivity (Wildman–Crippen MR) is 119 cm³/mol. The molecule has 7 nitrogen and oxygen atoms in total. The lowest BCUT2D eigenvalue weighted by atomic mass is 10.1. The van der Waals surface area contributed by atoms with Crippen molar-refractivity contribution in [3.05, 3.63) is 35.9 Å². The number of amides is 1. The summed E-state index contributed by atoms with van der Waals surface area (Å²) in [5, 5.41) is 13.1. The molecule has 1 amide bonds. The van der Waals surface area contributed by atoms with Crippen LogP contribution in [0.25, 0.3) is 0 Å². The Hall–Kier alpha value is -1.90. The molecule has 0 heterocycles. The standard InChI is InChI=1S/C22H37NO6Si/c1-21(2,3)29-20(26)23-18(17(24)15-28-30(7,8)22(4,5)6)19(25)27-14-16-12-10-9-11-13-16/h9-13,17-18,24H,14-15H2,1-8H3,(H,23,26)/t17-,18-/m0/s1. The van der Waals surface area contributed by atoms with E-state index in [0.717, 1.165) is 5.56 Å². The summed E-state index contributed by atoms with van der Waals surface area (Å²) in [6.45, 7) is 15.4. The number of aliphatic hydroxyl groups is 1. The Bertz CT molecular complexity index is 694. The summed E-state index contributed by atoms with van der Waals surface area (Å²) in [5.41, 5.74) is 0.0550. The van der Waals surface area contributed by atoms with Crippen LogP contribution in [0.1, 0.15) is 47.1 Å². The fraction of sp³-hybridized carbons (Fsp3) is 0.636. The molecule has 30 heavy (non-hydrogen) atoms. The van der Waals surface area contributed by atoms with Crippen molar-refractivity contribution in [2.45, 2.75) is 84.0 Å². The van der Waals surface area contributed by atoms with Crippen LogP contribution in [0, 0.1) is 0 Å². The normalized spacial score (nSPS) is 14.6. The monoisotopic (exact) mass is 439 g/mol. The van der Waals surface area contributed by atoms with E-state index in [0.29, 0.717) is 0 Å². The number of aliphatic hydroxyl groups excluding tert-OH is 1. The zero-order chi connectivity index (χ0) is 23.2. The molecule has 0 aromatic heterocycles. The van der Waals surface area contributed by atoms with Gasteiger partial charge in [-0.1, -0.05) is 51.1 Å². The van der Waals surface area contributed by atoms with Crippen LogP contribution in [0.3, 0.4) is 0 Å². The smallest absolute Gasteiger partial charge is 0.408 e. The van der Waals surface area contributed by atoms with E-state index in [1.54, 1.807) is 20.8 Å². The molecule has 8 heteroatoms. The highest BCUT2D eigenvalue weighted by molar-refractivity contribution is 6.74. The van der Waals surface area contributed by atoms with Crippen molar-refractivity contribution >= 4 is 20.4 Å². The minimum Gasteiger partial charge on any atom is -0.459 e. The van der Waals surface area contributed by atoms with Crippen molar-refractivity contribution in [2.75, 3.05) is 6.61 Å². The molecule has 0 aliphatic rings. The summed E-state index contributed by atoms with van der Waals surface area (Å²) in [6, 6.07) is 7.86. The molecular weight excluding hydrogens is 402 g/mol. The number of hydrogen-bond donors (Lipinski definition) is 2. The van der Waals surface area contributed by atoms with Crippen molar-refractivity contribution in [1.29, 1.82) is 0 Å². The van der Waals surface area contributed by atoms with Crippen molar-refractivity contribution in [3.63, 3.8) is 0 Å². The number of alkyl carbamates (subject to hydrolysis) is 1. The fourth-order valence-electron chi connectivity index (χ4n) is 2.17. The maximum absolute atomic E-state index is 12.7. The van der Waals surface area contributed by atoms with E-state index in [2.05, 4.69) is 26.1 Å². The van der Waals surface area contributed by atoms with Gasteiger partial charge in [0.25, 0.3) is 0 Å². The van der Waals surface area contributed by atoms with Crippen LogP contribution in [0.2, 0.25) is 18.1 Å². The first-order chi connectivity index (χ1) is 13.6. The third-order valence-corrected chi connectivity index (χ3v) is 9.46. The van der Waals surface area contributed by atoms with Crippen LogP contribution in [-0.2, 0) is 25.3 Å². The average molecular weight is 440 g/mol. The molecule has 170 valence electrons. The molecule has 0 aliphatic carbocycles. The number of nitrogens with one attached hydrogen (secondary N) is 1. The molecule has 1 rings (SSSR count). The first kappa shape index (κ1) is 26.1. The molecule has 0 fully saturated rings. The number of rotatable bonds is 8. The number of carbonyl (C=O) groups excluding carboxylic acids is 2.